The first kappa shape index (κ1) is 23.8. The molecule has 1 aliphatic heterocycles. The molecule has 1 aliphatic rings. The van der Waals surface area contributed by atoms with Crippen molar-refractivity contribution in [3.8, 4) is 0 Å². The number of nitrogens with one attached hydrogen (secondary N) is 2. The van der Waals surface area contributed by atoms with Crippen molar-refractivity contribution < 1.29 is 0 Å². The molecule has 29 heavy (non-hydrogen) atoms. The van der Waals surface area contributed by atoms with Crippen molar-refractivity contribution in [2.75, 3.05) is 45.2 Å². The number of hydrogen-bond donors (Lipinski definition) is 2. The molecule has 3 heterocycles. The number of halogens is 1. The van der Waals surface area contributed by atoms with E-state index < -0.39 is 0 Å². The second-order valence-corrected chi connectivity index (χ2v) is 8.36. The van der Waals surface area contributed by atoms with E-state index in [2.05, 4.69) is 73.8 Å². The highest BCUT2D eigenvalue weighted by molar-refractivity contribution is 14.0. The Balaban J connectivity index is 0.00000300. The summed E-state index contributed by atoms with van der Waals surface area (Å²) in [6, 6.07) is 4.25. The summed E-state index contributed by atoms with van der Waals surface area (Å²) >= 11 is 1.69. The maximum atomic E-state index is 4.65. The highest BCUT2D eigenvalue weighted by Gasteiger charge is 2.15. The zero-order valence-electron chi connectivity index (χ0n) is 17.7. The Morgan fingerprint density at radius 1 is 1.17 bits per heavy atom. The minimum absolute atomic E-state index is 0. The van der Waals surface area contributed by atoms with Crippen LogP contribution in [0.3, 0.4) is 0 Å². The predicted octanol–water partition coefficient (Wildman–Crippen LogP) is 2.90. The summed E-state index contributed by atoms with van der Waals surface area (Å²) in [5, 5.41) is 9.88. The van der Waals surface area contributed by atoms with Crippen molar-refractivity contribution in [1.82, 2.24) is 25.5 Å². The normalized spacial score (nSPS) is 15.3. The van der Waals surface area contributed by atoms with Gasteiger partial charge in [-0.2, -0.15) is 0 Å². The second-order valence-electron chi connectivity index (χ2n) is 7.42. The summed E-state index contributed by atoms with van der Waals surface area (Å²) in [7, 11) is 3.95. The topological polar surface area (TPSA) is 68.7 Å². The largest absolute Gasteiger partial charge is 0.354 e. The Morgan fingerprint density at radius 3 is 2.48 bits per heavy atom. The van der Waals surface area contributed by atoms with Crippen molar-refractivity contribution in [2.45, 2.75) is 32.9 Å². The zero-order valence-corrected chi connectivity index (χ0v) is 20.8. The molecule has 1 fully saturated rings. The second kappa shape index (κ2) is 11.7. The van der Waals surface area contributed by atoms with Gasteiger partial charge < -0.3 is 20.4 Å². The molecule has 1 saturated heterocycles. The van der Waals surface area contributed by atoms with Crippen LogP contribution in [0.4, 0.5) is 5.82 Å². The molecule has 0 saturated carbocycles. The zero-order chi connectivity index (χ0) is 19.9. The molecule has 0 unspecified atom stereocenters. The molecule has 0 amide bonds. The highest BCUT2D eigenvalue weighted by Crippen LogP contribution is 2.17. The lowest BCUT2D eigenvalue weighted by atomic mass is 10.2. The monoisotopic (exact) mass is 529 g/mol. The number of nitrogens with zero attached hydrogens (tertiary/aromatic N) is 5. The van der Waals surface area contributed by atoms with Crippen LogP contribution in [-0.4, -0.2) is 61.1 Å². The molecule has 0 aromatic carbocycles. The van der Waals surface area contributed by atoms with Crippen LogP contribution in [-0.2, 0) is 13.1 Å². The van der Waals surface area contributed by atoms with Crippen LogP contribution in [0.2, 0.25) is 0 Å². The fourth-order valence-electron chi connectivity index (χ4n) is 2.98. The summed E-state index contributed by atoms with van der Waals surface area (Å²) in [5.41, 5.74) is 2.29. The van der Waals surface area contributed by atoms with Crippen LogP contribution in [0.15, 0.2) is 28.7 Å². The van der Waals surface area contributed by atoms with Gasteiger partial charge in [-0.05, 0) is 24.6 Å². The van der Waals surface area contributed by atoms with Gasteiger partial charge in [0.05, 0.1) is 12.2 Å². The number of rotatable bonds is 6. The molecular weight excluding hydrogens is 497 g/mol. The van der Waals surface area contributed by atoms with E-state index in [1.807, 2.05) is 6.20 Å². The Hall–Kier alpha value is -1.46. The van der Waals surface area contributed by atoms with Crippen molar-refractivity contribution in [2.24, 2.45) is 4.99 Å². The fraction of sp³-hybridized carbons (Fsp3) is 0.550. The number of likely N-dealkylation sites (N-methyl/N-ethyl adjacent to an activating group) is 1. The number of guanidine groups is 1. The molecule has 0 bridgehead atoms. The quantitative estimate of drug-likeness (QED) is 0.341. The molecular formula is C20H32IN7S. The predicted molar refractivity (Wildman–Crippen MR) is 133 cm³/mol. The molecule has 7 nitrogen and oxygen atoms in total. The maximum absolute atomic E-state index is 4.65. The fourth-order valence-corrected chi connectivity index (χ4v) is 3.88. The van der Waals surface area contributed by atoms with Gasteiger partial charge >= 0.3 is 0 Å². The van der Waals surface area contributed by atoms with E-state index in [9.17, 15) is 0 Å². The minimum atomic E-state index is 0. The lowest BCUT2D eigenvalue weighted by Gasteiger charge is -2.33. The van der Waals surface area contributed by atoms with Crippen molar-refractivity contribution in [3.05, 3.63) is 40.0 Å². The first-order chi connectivity index (χ1) is 13.5. The molecule has 0 aliphatic carbocycles. The molecule has 160 valence electrons. The Labute approximate surface area is 195 Å². The van der Waals surface area contributed by atoms with Gasteiger partial charge in [0, 0.05) is 51.3 Å². The molecule has 2 aromatic heterocycles. The summed E-state index contributed by atoms with van der Waals surface area (Å²) in [6.07, 6.45) is 1.95. The van der Waals surface area contributed by atoms with Gasteiger partial charge in [-0.15, -0.1) is 35.3 Å². The van der Waals surface area contributed by atoms with Gasteiger partial charge in [0.1, 0.15) is 10.8 Å². The van der Waals surface area contributed by atoms with E-state index in [1.54, 1.807) is 18.4 Å². The lowest BCUT2D eigenvalue weighted by molar-refractivity contribution is 0.312. The number of pyridine rings is 1. The Bertz CT molecular complexity index is 767. The summed E-state index contributed by atoms with van der Waals surface area (Å²) in [4.78, 5) is 18.3. The van der Waals surface area contributed by atoms with E-state index in [0.29, 0.717) is 19.0 Å². The summed E-state index contributed by atoms with van der Waals surface area (Å²) in [6.45, 7) is 9.93. The molecule has 2 N–H and O–H groups in total. The van der Waals surface area contributed by atoms with Gasteiger partial charge in [0.15, 0.2) is 5.96 Å². The third-order valence-corrected chi connectivity index (χ3v) is 5.76. The molecule has 9 heteroatoms. The van der Waals surface area contributed by atoms with Crippen molar-refractivity contribution in [1.29, 1.82) is 0 Å². The highest BCUT2D eigenvalue weighted by atomic mass is 127. The van der Waals surface area contributed by atoms with Crippen LogP contribution in [0, 0.1) is 0 Å². The molecule has 2 aromatic rings. The molecule has 3 rings (SSSR count). The van der Waals surface area contributed by atoms with E-state index in [1.165, 1.54) is 0 Å². The average molecular weight is 529 g/mol. The molecule has 0 spiro atoms. The third kappa shape index (κ3) is 7.07. The van der Waals surface area contributed by atoms with E-state index in [4.69, 9.17) is 0 Å². The van der Waals surface area contributed by atoms with Gasteiger partial charge in [0.25, 0.3) is 0 Å². The first-order valence-corrected chi connectivity index (χ1v) is 10.7. The van der Waals surface area contributed by atoms with Crippen molar-refractivity contribution in [3.63, 3.8) is 0 Å². The van der Waals surface area contributed by atoms with E-state index in [-0.39, 0.29) is 24.0 Å². The lowest BCUT2D eigenvalue weighted by Crippen LogP contribution is -2.44. The SMILES string of the molecule is CN=C(NCc1ccc(N2CCN(C)CC2)nc1)NCc1nc(C(C)C)cs1.I. The standard InChI is InChI=1S/C20H31N7S.HI/c1-15(2)17-14-28-19(25-17)13-24-20(21-3)23-12-16-5-6-18(22-11-16)27-9-7-26(4)8-10-27;/h5-6,11,14-15H,7-10,12-13H2,1-4H3,(H2,21,23,24);1H. The van der Waals surface area contributed by atoms with Gasteiger partial charge in [0.2, 0.25) is 0 Å². The van der Waals surface area contributed by atoms with Gasteiger partial charge in [-0.1, -0.05) is 19.9 Å². The Kier molecular flexibility index (Phi) is 9.57. The number of anilines is 1. The number of thiazole rings is 1. The van der Waals surface area contributed by atoms with Crippen LogP contribution in [0.25, 0.3) is 0 Å². The summed E-state index contributed by atoms with van der Waals surface area (Å²) < 4.78 is 0. The van der Waals surface area contributed by atoms with E-state index >= 15 is 0 Å². The molecule has 0 atom stereocenters. The van der Waals surface area contributed by atoms with Crippen LogP contribution in [0.1, 0.15) is 36.0 Å². The van der Waals surface area contributed by atoms with Crippen LogP contribution in [0.5, 0.6) is 0 Å². The number of hydrogen-bond acceptors (Lipinski definition) is 6. The number of aliphatic imine (C=N–C) groups is 1. The molecule has 0 radical (unpaired) electrons. The smallest absolute Gasteiger partial charge is 0.191 e. The minimum Gasteiger partial charge on any atom is -0.354 e. The summed E-state index contributed by atoms with van der Waals surface area (Å²) in [5.74, 6) is 2.29. The number of piperazine rings is 1. The van der Waals surface area contributed by atoms with Gasteiger partial charge in [-0.3, -0.25) is 4.99 Å². The average Bonchev–Trinajstić information content (AvgIpc) is 3.19. The van der Waals surface area contributed by atoms with Gasteiger partial charge in [-0.25, -0.2) is 9.97 Å². The number of aromatic nitrogens is 2. The Morgan fingerprint density at radius 2 is 1.90 bits per heavy atom. The first-order valence-electron chi connectivity index (χ1n) is 9.82. The van der Waals surface area contributed by atoms with Crippen LogP contribution >= 0.6 is 35.3 Å². The van der Waals surface area contributed by atoms with E-state index in [0.717, 1.165) is 54.2 Å². The third-order valence-electron chi connectivity index (χ3n) is 4.89. The van der Waals surface area contributed by atoms with Crippen molar-refractivity contribution >= 4 is 47.1 Å². The maximum Gasteiger partial charge on any atom is 0.191 e. The van der Waals surface area contributed by atoms with Crippen LogP contribution < -0.4 is 15.5 Å².